The molecule has 0 saturated carbocycles. The summed E-state index contributed by atoms with van der Waals surface area (Å²) in [6, 6.07) is 9.49. The van der Waals surface area contributed by atoms with Crippen LogP contribution in [-0.2, 0) is 14.3 Å². The zero-order chi connectivity index (χ0) is 26.9. The second kappa shape index (κ2) is 10.7. The summed E-state index contributed by atoms with van der Waals surface area (Å²) in [5.41, 5.74) is 1.44. The molecule has 1 aromatic heterocycles. The molecule has 0 unspecified atom stereocenters. The fourth-order valence-electron chi connectivity index (χ4n) is 4.05. The number of methoxy groups -OCH3 is 3. The lowest BCUT2D eigenvalue weighted by Gasteiger charge is -2.25. The van der Waals surface area contributed by atoms with Crippen LogP contribution in [0, 0.1) is 0 Å². The van der Waals surface area contributed by atoms with Gasteiger partial charge in [-0.1, -0.05) is 33.3 Å². The van der Waals surface area contributed by atoms with Gasteiger partial charge in [0.2, 0.25) is 0 Å². The predicted octanol–water partition coefficient (Wildman–Crippen LogP) is 3.11. The Morgan fingerprint density at radius 2 is 1.76 bits per heavy atom. The largest absolute Gasteiger partial charge is 0.493 e. The Bertz CT molecular complexity index is 1620. The number of carbonyl (C=O) groups excluding carboxylic acids is 2. The number of aromatic nitrogens is 1. The summed E-state index contributed by atoms with van der Waals surface area (Å²) in [7, 11) is 4.31. The van der Waals surface area contributed by atoms with Crippen molar-refractivity contribution in [2.24, 2.45) is 4.99 Å². The third-order valence-electron chi connectivity index (χ3n) is 5.66. The van der Waals surface area contributed by atoms with Crippen LogP contribution < -0.4 is 29.1 Å². The summed E-state index contributed by atoms with van der Waals surface area (Å²) < 4.78 is 23.7. The number of hydrogen-bond donors (Lipinski definition) is 0. The minimum Gasteiger partial charge on any atom is -0.493 e. The topological polar surface area (TPSA) is 105 Å². The second-order valence-electron chi connectivity index (χ2n) is 7.96. The van der Waals surface area contributed by atoms with Crippen LogP contribution in [0.1, 0.15) is 31.0 Å². The molecule has 0 bridgehead atoms. The number of benzene rings is 2. The molecule has 4 rings (SSSR count). The van der Waals surface area contributed by atoms with E-state index in [-0.39, 0.29) is 11.1 Å². The molecule has 0 aliphatic carbocycles. The highest BCUT2D eigenvalue weighted by Gasteiger charge is 2.33. The molecule has 192 valence electrons. The first kappa shape index (κ1) is 26.4. The average Bonchev–Trinajstić information content (AvgIpc) is 3.17. The van der Waals surface area contributed by atoms with Gasteiger partial charge in [-0.25, -0.2) is 9.79 Å². The summed E-state index contributed by atoms with van der Waals surface area (Å²) in [4.78, 5) is 43.2. The van der Waals surface area contributed by atoms with E-state index in [2.05, 4.69) is 20.9 Å². The maximum Gasteiger partial charge on any atom is 0.338 e. The van der Waals surface area contributed by atoms with E-state index in [4.69, 9.17) is 18.9 Å². The van der Waals surface area contributed by atoms with Gasteiger partial charge < -0.3 is 18.9 Å². The van der Waals surface area contributed by atoms with Gasteiger partial charge in [0.05, 0.1) is 43.2 Å². The number of allylic oxidation sites excluding steroid dienone is 1. The average molecular weight is 587 g/mol. The Hall–Kier alpha value is -3.70. The molecule has 0 spiro atoms. The molecule has 37 heavy (non-hydrogen) atoms. The van der Waals surface area contributed by atoms with E-state index in [0.29, 0.717) is 43.4 Å². The zero-order valence-corrected chi connectivity index (χ0v) is 23.1. The molecule has 9 nitrogen and oxygen atoms in total. The minimum absolute atomic E-state index is 0.233. The molecule has 3 aromatic rings. The van der Waals surface area contributed by atoms with Gasteiger partial charge in [0, 0.05) is 17.0 Å². The van der Waals surface area contributed by atoms with Crippen LogP contribution >= 0.6 is 27.3 Å². The second-order valence-corrected chi connectivity index (χ2v) is 9.89. The first-order valence-electron chi connectivity index (χ1n) is 11.0. The first-order chi connectivity index (χ1) is 17.7. The molecule has 2 heterocycles. The van der Waals surface area contributed by atoms with Crippen molar-refractivity contribution in [1.82, 2.24) is 4.57 Å². The van der Waals surface area contributed by atoms with Crippen molar-refractivity contribution >= 4 is 45.3 Å². The van der Waals surface area contributed by atoms with E-state index >= 15 is 0 Å². The number of esters is 2. The van der Waals surface area contributed by atoms with Gasteiger partial charge >= 0.3 is 11.9 Å². The van der Waals surface area contributed by atoms with E-state index < -0.39 is 18.0 Å². The highest BCUT2D eigenvalue weighted by atomic mass is 79.9. The summed E-state index contributed by atoms with van der Waals surface area (Å²) in [6.07, 6.45) is 1.63. The van der Waals surface area contributed by atoms with Crippen LogP contribution in [0.3, 0.4) is 0 Å². The summed E-state index contributed by atoms with van der Waals surface area (Å²) in [6.45, 7) is 3.00. The van der Waals surface area contributed by atoms with E-state index in [0.717, 1.165) is 15.8 Å². The molecule has 11 heteroatoms. The van der Waals surface area contributed by atoms with Gasteiger partial charge in [-0.3, -0.25) is 14.2 Å². The molecule has 0 fully saturated rings. The van der Waals surface area contributed by atoms with Crippen LogP contribution in [0.25, 0.3) is 6.08 Å². The van der Waals surface area contributed by atoms with Crippen LogP contribution in [0.15, 0.2) is 61.9 Å². The number of fused-ring (bicyclic) bond motifs is 1. The Kier molecular flexibility index (Phi) is 7.65. The molecule has 1 aliphatic rings. The molecule has 0 radical (unpaired) electrons. The third-order valence-corrected chi connectivity index (χ3v) is 7.14. The first-order valence-corrected chi connectivity index (χ1v) is 12.6. The normalized spacial score (nSPS) is 15.1. The van der Waals surface area contributed by atoms with Crippen molar-refractivity contribution in [3.05, 3.63) is 83.0 Å². The number of thiazole rings is 1. The van der Waals surface area contributed by atoms with Crippen LogP contribution in [0.4, 0.5) is 0 Å². The molecular formula is C26H23BrN2O7S. The summed E-state index contributed by atoms with van der Waals surface area (Å²) in [5.74, 6) is 0.182. The maximum atomic E-state index is 13.8. The molecule has 2 aromatic carbocycles. The molecule has 0 amide bonds. The highest BCUT2D eigenvalue weighted by Crippen LogP contribution is 2.36. The number of hydrogen-bond acceptors (Lipinski definition) is 9. The zero-order valence-electron chi connectivity index (χ0n) is 20.7. The number of carbonyl (C=O) groups is 2. The van der Waals surface area contributed by atoms with E-state index in [9.17, 15) is 14.4 Å². The Labute approximate surface area is 224 Å². The van der Waals surface area contributed by atoms with E-state index in [1.807, 2.05) is 0 Å². The van der Waals surface area contributed by atoms with Crippen LogP contribution in [0.2, 0.25) is 0 Å². The van der Waals surface area contributed by atoms with Crippen LogP contribution in [-0.4, -0.2) is 37.8 Å². The maximum absolute atomic E-state index is 13.8. The van der Waals surface area contributed by atoms with Gasteiger partial charge in [0.15, 0.2) is 16.3 Å². The number of nitrogens with zero attached hydrogens (tertiary/aromatic N) is 2. The van der Waals surface area contributed by atoms with Crippen molar-refractivity contribution in [1.29, 1.82) is 0 Å². The SMILES string of the molecule is COC(=O)C1=C(C)N=c2s/c(=C\c3cc(Br)ccc3OC(C)=O)c(=O)n2[C@@H]1c1ccc(OC)c(OC)c1. The summed E-state index contributed by atoms with van der Waals surface area (Å²) in [5, 5.41) is 0. The monoisotopic (exact) mass is 586 g/mol. The Balaban J connectivity index is 1.98. The molecule has 0 N–H and O–H groups in total. The van der Waals surface area contributed by atoms with Crippen molar-refractivity contribution < 1.29 is 28.5 Å². The molecule has 0 saturated heterocycles. The van der Waals surface area contributed by atoms with Gasteiger partial charge in [-0.05, 0) is 48.9 Å². The summed E-state index contributed by atoms with van der Waals surface area (Å²) >= 11 is 4.58. The van der Waals surface area contributed by atoms with Gasteiger partial charge in [0.25, 0.3) is 5.56 Å². The van der Waals surface area contributed by atoms with Gasteiger partial charge in [-0.2, -0.15) is 0 Å². The Morgan fingerprint density at radius 3 is 2.41 bits per heavy atom. The lowest BCUT2D eigenvalue weighted by atomic mass is 9.95. The molecular weight excluding hydrogens is 564 g/mol. The van der Waals surface area contributed by atoms with Crippen molar-refractivity contribution in [3.63, 3.8) is 0 Å². The van der Waals surface area contributed by atoms with Crippen molar-refractivity contribution in [2.45, 2.75) is 19.9 Å². The highest BCUT2D eigenvalue weighted by molar-refractivity contribution is 9.10. The van der Waals surface area contributed by atoms with E-state index in [1.54, 1.807) is 49.4 Å². The number of halogens is 1. The number of rotatable bonds is 6. The third kappa shape index (κ3) is 5.09. The van der Waals surface area contributed by atoms with Gasteiger partial charge in [0.1, 0.15) is 5.75 Å². The van der Waals surface area contributed by atoms with Crippen molar-refractivity contribution in [2.75, 3.05) is 21.3 Å². The lowest BCUT2D eigenvalue weighted by molar-refractivity contribution is -0.136. The number of ether oxygens (including phenoxy) is 4. The van der Waals surface area contributed by atoms with Gasteiger partial charge in [-0.15, -0.1) is 0 Å². The van der Waals surface area contributed by atoms with E-state index in [1.165, 1.54) is 32.8 Å². The fraction of sp³-hybridized carbons (Fsp3) is 0.231. The van der Waals surface area contributed by atoms with Crippen molar-refractivity contribution in [3.8, 4) is 17.2 Å². The quantitative estimate of drug-likeness (QED) is 0.323. The standard InChI is InChI=1S/C26H23BrN2O7S/c1-13-22(25(32)35-5)23(15-6-8-19(33-3)20(11-15)34-4)29-24(31)21(37-26(29)28-13)12-16-10-17(27)7-9-18(16)36-14(2)30/h6-12,23H,1-5H3/b21-12-/t23-/m1/s1. The fourth-order valence-corrected chi connectivity index (χ4v) is 5.47. The smallest absolute Gasteiger partial charge is 0.338 e. The minimum atomic E-state index is -0.818. The lowest BCUT2D eigenvalue weighted by Crippen LogP contribution is -2.39. The molecule has 1 aliphatic heterocycles. The predicted molar refractivity (Wildman–Crippen MR) is 141 cm³/mol. The van der Waals surface area contributed by atoms with Crippen LogP contribution in [0.5, 0.6) is 17.2 Å². The Morgan fingerprint density at radius 1 is 1.05 bits per heavy atom. The molecule has 1 atom stereocenters.